The van der Waals surface area contributed by atoms with E-state index in [1.807, 2.05) is 0 Å². The summed E-state index contributed by atoms with van der Waals surface area (Å²) in [7, 11) is 0. The third-order valence-electron chi connectivity index (χ3n) is 18.5. The van der Waals surface area contributed by atoms with Gasteiger partial charge in [-0.15, -0.1) is 0 Å². The fourth-order valence-electron chi connectivity index (χ4n) is 13.6. The highest BCUT2D eigenvalue weighted by Crippen LogP contribution is 2.55. The molecule has 9 aromatic carbocycles. The molecule has 0 saturated heterocycles. The van der Waals surface area contributed by atoms with E-state index in [1.165, 1.54) is 72.2 Å². The molecule has 10 aromatic rings. The van der Waals surface area contributed by atoms with Gasteiger partial charge < -0.3 is 19.0 Å². The standard InChI is InChI=1S/C77H78BN3O/c1-49-22-18-19-25-59(49)51-44-63-62-47-57(79(55-33-28-52(29-34-55)73(2,3)4)56-35-30-53(31-36-56)74(5,6)7)38-41-67(62)81(58-37-39-64-65(48-58)77(13,14)43-42-76(64,11)12)78-70(63)68(45-51)80(71-60-26-20-21-27-69(60)82-72(71)78)66-40-32-54(75(8,9)10)46-61(66)50-23-16-15-17-24-50/h15-41,44-48H,42-43H2,1-14H3. The number of aryl methyl sites for hydroxylation is 1. The summed E-state index contributed by atoms with van der Waals surface area (Å²) >= 11 is 0. The predicted octanol–water partition coefficient (Wildman–Crippen LogP) is 20.5. The Kier molecular flexibility index (Phi) is 12.4. The first-order valence-electron chi connectivity index (χ1n) is 29.8. The number of fused-ring (bicyclic) bond motifs is 7. The molecule has 1 aromatic heterocycles. The van der Waals surface area contributed by atoms with Crippen molar-refractivity contribution in [3.05, 3.63) is 228 Å². The van der Waals surface area contributed by atoms with E-state index in [2.05, 4.69) is 306 Å². The highest BCUT2D eigenvalue weighted by molar-refractivity contribution is 6.93. The molecule has 0 N–H and O–H groups in total. The Hall–Kier alpha value is -8.02. The van der Waals surface area contributed by atoms with Gasteiger partial charge in [0.15, 0.2) is 0 Å². The van der Waals surface area contributed by atoms with Gasteiger partial charge in [0.2, 0.25) is 0 Å². The van der Waals surface area contributed by atoms with E-state index in [9.17, 15) is 0 Å². The maximum Gasteiger partial charge on any atom is 0.375 e. The lowest BCUT2D eigenvalue weighted by Gasteiger charge is -2.46. The first-order valence-corrected chi connectivity index (χ1v) is 29.8. The van der Waals surface area contributed by atoms with Gasteiger partial charge in [-0.3, -0.25) is 0 Å². The molecule has 5 heteroatoms. The second kappa shape index (κ2) is 19.0. The lowest BCUT2D eigenvalue weighted by atomic mass is 9.45. The summed E-state index contributed by atoms with van der Waals surface area (Å²) in [4.78, 5) is 7.69. The van der Waals surface area contributed by atoms with Gasteiger partial charge in [0.1, 0.15) is 11.2 Å². The summed E-state index contributed by atoms with van der Waals surface area (Å²) in [6.45, 7) is 32.4. The number of hydrogen-bond donors (Lipinski definition) is 0. The lowest BCUT2D eigenvalue weighted by molar-refractivity contribution is 0.332. The zero-order valence-corrected chi connectivity index (χ0v) is 50.7. The Bertz CT molecular complexity index is 4070. The van der Waals surface area contributed by atoms with E-state index in [0.29, 0.717) is 0 Å². The molecular formula is C77H78BN3O. The fourth-order valence-corrected chi connectivity index (χ4v) is 13.6. The first-order chi connectivity index (χ1) is 39.0. The van der Waals surface area contributed by atoms with Crippen LogP contribution in [0.2, 0.25) is 0 Å². The highest BCUT2D eigenvalue weighted by atomic mass is 16.3. The van der Waals surface area contributed by atoms with Gasteiger partial charge >= 0.3 is 6.85 Å². The van der Waals surface area contributed by atoms with E-state index in [4.69, 9.17) is 4.42 Å². The second-order valence-electron chi connectivity index (χ2n) is 28.2. The quantitative estimate of drug-likeness (QED) is 0.148. The molecule has 0 spiro atoms. The number of hydrogen-bond acceptors (Lipinski definition) is 4. The number of benzene rings is 9. The van der Waals surface area contributed by atoms with Crippen LogP contribution >= 0.6 is 0 Å². The van der Waals surface area contributed by atoms with Crippen LogP contribution in [0.3, 0.4) is 0 Å². The van der Waals surface area contributed by atoms with Crippen LogP contribution in [0.15, 0.2) is 199 Å². The van der Waals surface area contributed by atoms with Crippen LogP contribution in [-0.2, 0) is 27.1 Å². The Morgan fingerprint density at radius 2 is 1.02 bits per heavy atom. The van der Waals surface area contributed by atoms with Crippen LogP contribution < -0.4 is 25.7 Å². The molecule has 0 atom stereocenters. The Morgan fingerprint density at radius 1 is 0.451 bits per heavy atom. The van der Waals surface area contributed by atoms with Crippen LogP contribution in [0.4, 0.5) is 45.5 Å². The molecule has 0 saturated carbocycles. The molecule has 82 heavy (non-hydrogen) atoms. The summed E-state index contributed by atoms with van der Waals surface area (Å²) in [6, 6.07) is 74.0. The van der Waals surface area contributed by atoms with Gasteiger partial charge in [-0.2, -0.15) is 0 Å². The molecule has 0 bridgehead atoms. The zero-order chi connectivity index (χ0) is 57.4. The average molecular weight is 1070 g/mol. The van der Waals surface area contributed by atoms with Gasteiger partial charge in [0.25, 0.3) is 0 Å². The van der Waals surface area contributed by atoms with Crippen molar-refractivity contribution in [1.82, 2.24) is 0 Å². The first kappa shape index (κ1) is 53.3. The van der Waals surface area contributed by atoms with Crippen LogP contribution in [0.25, 0.3) is 44.3 Å². The molecule has 13 rings (SSSR count). The highest BCUT2D eigenvalue weighted by Gasteiger charge is 2.50. The third kappa shape index (κ3) is 8.89. The van der Waals surface area contributed by atoms with E-state index in [-0.39, 0.29) is 33.9 Å². The molecule has 3 heterocycles. The summed E-state index contributed by atoms with van der Waals surface area (Å²) in [6.07, 6.45) is 2.27. The molecule has 0 unspecified atom stereocenters. The van der Waals surface area contributed by atoms with Gasteiger partial charge in [-0.1, -0.05) is 193 Å². The number of rotatable bonds is 7. The maximum absolute atomic E-state index is 7.56. The fraction of sp³-hybridized carbons (Fsp3) is 0.273. The maximum atomic E-state index is 7.56. The number of nitrogens with zero attached hydrogens (tertiary/aromatic N) is 3. The molecule has 410 valence electrons. The molecule has 0 amide bonds. The molecule has 2 aliphatic heterocycles. The van der Waals surface area contributed by atoms with Crippen molar-refractivity contribution in [2.45, 2.75) is 137 Å². The Labute approximate surface area is 488 Å². The minimum Gasteiger partial charge on any atom is -0.466 e. The third-order valence-corrected chi connectivity index (χ3v) is 18.5. The average Bonchev–Trinajstić information content (AvgIpc) is 1.26. The normalized spacial score (nSPS) is 15.2. The van der Waals surface area contributed by atoms with E-state index >= 15 is 0 Å². The van der Waals surface area contributed by atoms with Crippen LogP contribution in [-0.4, -0.2) is 6.85 Å². The smallest absolute Gasteiger partial charge is 0.375 e. The van der Waals surface area contributed by atoms with Crippen LogP contribution in [0, 0.1) is 6.92 Å². The Morgan fingerprint density at radius 3 is 1.67 bits per heavy atom. The van der Waals surface area contributed by atoms with Crippen molar-refractivity contribution in [3.63, 3.8) is 0 Å². The Balaban J connectivity index is 1.16. The summed E-state index contributed by atoms with van der Waals surface area (Å²) < 4.78 is 7.56. The van der Waals surface area contributed by atoms with Gasteiger partial charge in [0.05, 0.1) is 11.4 Å². The van der Waals surface area contributed by atoms with Crippen molar-refractivity contribution in [3.8, 4) is 33.4 Å². The molecule has 1 aliphatic carbocycles. The monoisotopic (exact) mass is 1070 g/mol. The van der Waals surface area contributed by atoms with E-state index in [1.54, 1.807) is 0 Å². The topological polar surface area (TPSA) is 22.9 Å². The molecule has 3 aliphatic rings. The summed E-state index contributed by atoms with van der Waals surface area (Å²) in [5, 5.41) is 1.09. The van der Waals surface area contributed by atoms with E-state index < -0.39 is 0 Å². The summed E-state index contributed by atoms with van der Waals surface area (Å²) in [5.74, 6) is 0. The SMILES string of the molecule is Cc1ccccc1-c1cc2c3c(c1)N(c1ccc(C(C)(C)C)cc1-c1ccccc1)c1c(oc4ccccc14)B3N(c1ccc3c(c1)C(C)(C)CCC3(C)C)c1ccc(N(c3ccc(C(C)(C)C)cc3)c3ccc(C(C)(C)C)cc3)cc1-2. The lowest BCUT2D eigenvalue weighted by Crippen LogP contribution is -2.61. The van der Waals surface area contributed by atoms with Crippen molar-refractivity contribution in [2.24, 2.45) is 0 Å². The number of anilines is 8. The second-order valence-corrected chi connectivity index (χ2v) is 28.2. The summed E-state index contributed by atoms with van der Waals surface area (Å²) in [5.41, 5.74) is 27.1. The predicted molar refractivity (Wildman–Crippen MR) is 352 cm³/mol. The minimum atomic E-state index is -0.328. The van der Waals surface area contributed by atoms with Crippen molar-refractivity contribution >= 4 is 74.4 Å². The zero-order valence-electron chi connectivity index (χ0n) is 50.7. The largest absolute Gasteiger partial charge is 0.466 e. The van der Waals surface area contributed by atoms with Crippen molar-refractivity contribution in [1.29, 1.82) is 0 Å². The van der Waals surface area contributed by atoms with E-state index in [0.717, 1.165) is 75.0 Å². The van der Waals surface area contributed by atoms with Crippen molar-refractivity contribution < 1.29 is 4.42 Å². The van der Waals surface area contributed by atoms with Gasteiger partial charge in [-0.05, 0) is 199 Å². The molecule has 0 fully saturated rings. The number of para-hydroxylation sites is 1. The number of furan rings is 1. The van der Waals surface area contributed by atoms with Gasteiger partial charge in [0, 0.05) is 50.6 Å². The molecular weight excluding hydrogens is 994 g/mol. The molecule has 0 radical (unpaired) electrons. The molecule has 4 nitrogen and oxygen atoms in total. The van der Waals surface area contributed by atoms with Crippen LogP contribution in [0.1, 0.15) is 136 Å². The minimum absolute atomic E-state index is 0.0104. The van der Waals surface area contributed by atoms with Gasteiger partial charge in [-0.25, -0.2) is 0 Å². The van der Waals surface area contributed by atoms with Crippen LogP contribution in [0.5, 0.6) is 0 Å². The van der Waals surface area contributed by atoms with Crippen molar-refractivity contribution in [2.75, 3.05) is 14.6 Å².